The first-order valence-corrected chi connectivity index (χ1v) is 5.04. The minimum atomic E-state index is -4.36. The van der Waals surface area contributed by atoms with Crippen molar-refractivity contribution < 1.29 is 13.2 Å². The van der Waals surface area contributed by atoms with Crippen molar-refractivity contribution in [3.63, 3.8) is 0 Å². The topological polar surface area (TPSA) is 0 Å². The molecule has 0 fully saturated rings. The predicted octanol–water partition coefficient (Wildman–Crippen LogP) is 5.08. The highest BCUT2D eigenvalue weighted by Gasteiger charge is 2.32. The molecule has 0 aliphatic rings. The number of hydrogen-bond donors (Lipinski definition) is 0. The van der Waals surface area contributed by atoms with Crippen molar-refractivity contribution in [1.82, 2.24) is 0 Å². The SMILES string of the molecule is CCC.Cc1ccc(Cl)c(C(F)(F)F)c1. The molecule has 1 aromatic carbocycles. The molecule has 15 heavy (non-hydrogen) atoms. The summed E-state index contributed by atoms with van der Waals surface area (Å²) >= 11 is 5.36. The van der Waals surface area contributed by atoms with Gasteiger partial charge in [-0.05, 0) is 19.1 Å². The van der Waals surface area contributed by atoms with E-state index in [4.69, 9.17) is 11.6 Å². The first kappa shape index (κ1) is 14.3. The third kappa shape index (κ3) is 5.07. The summed E-state index contributed by atoms with van der Waals surface area (Å²) in [5, 5.41) is -0.256. The highest BCUT2D eigenvalue weighted by molar-refractivity contribution is 6.31. The lowest BCUT2D eigenvalue weighted by Gasteiger charge is -2.08. The van der Waals surface area contributed by atoms with E-state index in [9.17, 15) is 13.2 Å². The van der Waals surface area contributed by atoms with E-state index in [1.807, 2.05) is 0 Å². The van der Waals surface area contributed by atoms with Crippen molar-refractivity contribution in [3.8, 4) is 0 Å². The Bertz CT molecular complexity index is 305. The molecule has 0 aliphatic carbocycles. The van der Waals surface area contributed by atoms with Gasteiger partial charge in [-0.25, -0.2) is 0 Å². The van der Waals surface area contributed by atoms with Gasteiger partial charge in [0.15, 0.2) is 0 Å². The maximum absolute atomic E-state index is 12.1. The lowest BCUT2D eigenvalue weighted by atomic mass is 10.1. The Balaban J connectivity index is 0.000000583. The summed E-state index contributed by atoms with van der Waals surface area (Å²) in [6, 6.07) is 3.82. The van der Waals surface area contributed by atoms with Gasteiger partial charge >= 0.3 is 6.18 Å². The second-order valence-corrected chi connectivity index (χ2v) is 3.60. The van der Waals surface area contributed by atoms with Gasteiger partial charge in [-0.15, -0.1) is 0 Å². The molecule has 0 radical (unpaired) electrons. The fourth-order valence-electron chi connectivity index (χ4n) is 0.856. The van der Waals surface area contributed by atoms with E-state index in [0.29, 0.717) is 5.56 Å². The van der Waals surface area contributed by atoms with E-state index >= 15 is 0 Å². The first-order chi connectivity index (χ1) is 6.82. The zero-order valence-corrected chi connectivity index (χ0v) is 9.71. The molecule has 0 heterocycles. The standard InChI is InChI=1S/C8H6ClF3.C3H8/c1-5-2-3-7(9)6(4-5)8(10,11)12;1-3-2/h2-4H,1H3;3H2,1-2H3. The summed E-state index contributed by atoms with van der Waals surface area (Å²) in [6.07, 6.45) is -3.11. The molecule has 86 valence electrons. The second kappa shape index (κ2) is 6.01. The molecule has 1 aromatic rings. The van der Waals surface area contributed by atoms with Gasteiger partial charge < -0.3 is 0 Å². The van der Waals surface area contributed by atoms with Crippen LogP contribution in [0.25, 0.3) is 0 Å². The molecule has 0 bridgehead atoms. The maximum Gasteiger partial charge on any atom is 0.417 e. The second-order valence-electron chi connectivity index (χ2n) is 3.19. The molecule has 4 heteroatoms. The smallest absolute Gasteiger partial charge is 0.166 e. The quantitative estimate of drug-likeness (QED) is 0.591. The highest BCUT2D eigenvalue weighted by atomic mass is 35.5. The van der Waals surface area contributed by atoms with E-state index in [-0.39, 0.29) is 5.02 Å². The summed E-state index contributed by atoms with van der Waals surface area (Å²) in [7, 11) is 0. The van der Waals surface area contributed by atoms with E-state index in [1.54, 1.807) is 6.92 Å². The van der Waals surface area contributed by atoms with Crippen molar-refractivity contribution in [2.45, 2.75) is 33.4 Å². The monoisotopic (exact) mass is 238 g/mol. The van der Waals surface area contributed by atoms with Crippen LogP contribution in [0.15, 0.2) is 18.2 Å². The molecule has 0 atom stereocenters. The molecular weight excluding hydrogens is 225 g/mol. The van der Waals surface area contributed by atoms with Crippen LogP contribution >= 0.6 is 11.6 Å². The zero-order chi connectivity index (χ0) is 12.1. The van der Waals surface area contributed by atoms with Crippen LogP contribution < -0.4 is 0 Å². The molecule has 0 saturated heterocycles. The van der Waals surface area contributed by atoms with Gasteiger partial charge in [0.05, 0.1) is 10.6 Å². The van der Waals surface area contributed by atoms with E-state index < -0.39 is 11.7 Å². The third-order valence-electron chi connectivity index (χ3n) is 1.43. The Kier molecular flexibility index (Phi) is 5.73. The fraction of sp³-hybridized carbons (Fsp3) is 0.455. The molecule has 0 unspecified atom stereocenters. The van der Waals surface area contributed by atoms with Gasteiger partial charge in [-0.3, -0.25) is 0 Å². The Morgan fingerprint density at radius 3 is 2.00 bits per heavy atom. The van der Waals surface area contributed by atoms with Crippen molar-refractivity contribution in [1.29, 1.82) is 0 Å². The molecule has 0 aliphatic heterocycles. The van der Waals surface area contributed by atoms with Crippen molar-refractivity contribution in [3.05, 3.63) is 34.3 Å². The van der Waals surface area contributed by atoms with Crippen LogP contribution in [0.5, 0.6) is 0 Å². The normalized spacial score (nSPS) is 10.6. The van der Waals surface area contributed by atoms with Gasteiger partial charge in [0.25, 0.3) is 0 Å². The van der Waals surface area contributed by atoms with E-state index in [0.717, 1.165) is 6.07 Å². The summed E-state index contributed by atoms with van der Waals surface area (Å²) in [6.45, 7) is 5.84. The van der Waals surface area contributed by atoms with Crippen LogP contribution in [0.3, 0.4) is 0 Å². The van der Waals surface area contributed by atoms with Crippen LogP contribution in [-0.4, -0.2) is 0 Å². The number of benzene rings is 1. The highest BCUT2D eigenvalue weighted by Crippen LogP contribution is 2.34. The van der Waals surface area contributed by atoms with Crippen LogP contribution in [-0.2, 0) is 6.18 Å². The van der Waals surface area contributed by atoms with Gasteiger partial charge in [-0.1, -0.05) is 43.5 Å². The summed E-state index contributed by atoms with van der Waals surface area (Å²) < 4.78 is 36.4. The lowest BCUT2D eigenvalue weighted by Crippen LogP contribution is -2.05. The molecule has 0 saturated carbocycles. The summed E-state index contributed by atoms with van der Waals surface area (Å²) in [4.78, 5) is 0. The van der Waals surface area contributed by atoms with Crippen molar-refractivity contribution in [2.24, 2.45) is 0 Å². The van der Waals surface area contributed by atoms with Gasteiger partial charge in [0, 0.05) is 0 Å². The van der Waals surface area contributed by atoms with Gasteiger partial charge in [-0.2, -0.15) is 13.2 Å². The van der Waals surface area contributed by atoms with Crippen LogP contribution in [0.4, 0.5) is 13.2 Å². The average molecular weight is 239 g/mol. The molecule has 1 rings (SSSR count). The fourth-order valence-corrected chi connectivity index (χ4v) is 1.08. The van der Waals surface area contributed by atoms with Crippen molar-refractivity contribution >= 4 is 11.6 Å². The largest absolute Gasteiger partial charge is 0.417 e. The minimum absolute atomic E-state index is 0.256. The molecular formula is C11H14ClF3. The average Bonchev–Trinajstić information content (AvgIpc) is 2.09. The molecule has 0 aromatic heterocycles. The van der Waals surface area contributed by atoms with E-state index in [2.05, 4.69) is 13.8 Å². The van der Waals surface area contributed by atoms with Crippen LogP contribution in [0.2, 0.25) is 5.02 Å². The van der Waals surface area contributed by atoms with Gasteiger partial charge in [0.1, 0.15) is 0 Å². The first-order valence-electron chi connectivity index (χ1n) is 4.66. The number of alkyl halides is 3. The Morgan fingerprint density at radius 1 is 1.20 bits per heavy atom. The van der Waals surface area contributed by atoms with Crippen LogP contribution in [0.1, 0.15) is 31.4 Å². The lowest BCUT2D eigenvalue weighted by molar-refractivity contribution is -0.137. The summed E-state index contributed by atoms with van der Waals surface area (Å²) in [5.74, 6) is 0. The van der Waals surface area contributed by atoms with Crippen molar-refractivity contribution in [2.75, 3.05) is 0 Å². The zero-order valence-electron chi connectivity index (χ0n) is 8.95. The molecule has 0 nitrogen and oxygen atoms in total. The Hall–Kier alpha value is -0.700. The molecule has 0 spiro atoms. The number of halogens is 4. The Labute approximate surface area is 93.1 Å². The number of hydrogen-bond acceptors (Lipinski definition) is 0. The summed E-state index contributed by atoms with van der Waals surface area (Å²) in [5.41, 5.74) is -0.226. The number of rotatable bonds is 0. The van der Waals surface area contributed by atoms with Gasteiger partial charge in [0.2, 0.25) is 0 Å². The Morgan fingerprint density at radius 2 is 1.67 bits per heavy atom. The van der Waals surface area contributed by atoms with E-state index in [1.165, 1.54) is 18.6 Å². The molecule has 0 amide bonds. The third-order valence-corrected chi connectivity index (χ3v) is 1.76. The minimum Gasteiger partial charge on any atom is -0.166 e. The van der Waals surface area contributed by atoms with Crippen LogP contribution in [0, 0.1) is 6.92 Å². The molecule has 0 N–H and O–H groups in total. The maximum atomic E-state index is 12.1. The predicted molar refractivity (Wildman–Crippen MR) is 57.2 cm³/mol. The number of aryl methyl sites for hydroxylation is 1.